The summed E-state index contributed by atoms with van der Waals surface area (Å²) in [6, 6.07) is 4.43. The highest BCUT2D eigenvalue weighted by molar-refractivity contribution is 6.33. The lowest BCUT2D eigenvalue weighted by Crippen LogP contribution is -2.30. The van der Waals surface area contributed by atoms with Crippen LogP contribution in [0.1, 0.15) is 22.8 Å². The number of carbonyl (C=O) groups is 2. The minimum atomic E-state index is -4.65. The molecule has 0 aromatic heterocycles. The smallest absolute Gasteiger partial charge is 0.416 e. The monoisotopic (exact) mass is 407 g/mol. The molecule has 4 nitrogen and oxygen atoms in total. The zero-order valence-electron chi connectivity index (χ0n) is 13.5. The summed E-state index contributed by atoms with van der Waals surface area (Å²) < 4.78 is 69.3. The van der Waals surface area contributed by atoms with Crippen LogP contribution in [-0.2, 0) is 15.7 Å². The van der Waals surface area contributed by atoms with E-state index in [4.69, 9.17) is 16.3 Å². The molecule has 1 atom stereocenters. The van der Waals surface area contributed by atoms with Crippen molar-refractivity contribution in [2.24, 2.45) is 0 Å². The summed E-state index contributed by atoms with van der Waals surface area (Å²) in [6.45, 7) is 1.12. The number of anilines is 1. The summed E-state index contributed by atoms with van der Waals surface area (Å²) in [5.74, 6) is -4.33. The van der Waals surface area contributed by atoms with Crippen molar-refractivity contribution in [1.29, 1.82) is 0 Å². The van der Waals surface area contributed by atoms with E-state index in [1.54, 1.807) is 0 Å². The molecule has 1 N–H and O–H groups in total. The topological polar surface area (TPSA) is 55.4 Å². The predicted molar refractivity (Wildman–Crippen MR) is 86.3 cm³/mol. The van der Waals surface area contributed by atoms with Crippen LogP contribution in [0.15, 0.2) is 36.4 Å². The summed E-state index contributed by atoms with van der Waals surface area (Å²) in [6.07, 6.45) is -6.14. The Morgan fingerprint density at radius 3 is 2.37 bits per heavy atom. The van der Waals surface area contributed by atoms with E-state index in [1.165, 1.54) is 0 Å². The molecule has 1 amide bonds. The van der Waals surface area contributed by atoms with Crippen LogP contribution < -0.4 is 5.32 Å². The SMILES string of the molecule is C[C@@H](OC(=O)c1ccc(F)cc1F)C(=O)Nc1cc(C(F)(F)F)ccc1Cl. The van der Waals surface area contributed by atoms with E-state index < -0.39 is 46.9 Å². The quantitative estimate of drug-likeness (QED) is 0.584. The number of ether oxygens (including phenoxy) is 1. The van der Waals surface area contributed by atoms with Gasteiger partial charge in [0.25, 0.3) is 5.91 Å². The maximum atomic E-state index is 13.5. The largest absolute Gasteiger partial charge is 0.449 e. The van der Waals surface area contributed by atoms with Crippen molar-refractivity contribution in [2.75, 3.05) is 5.32 Å². The van der Waals surface area contributed by atoms with Gasteiger partial charge in [-0.1, -0.05) is 11.6 Å². The Hall–Kier alpha value is -2.68. The van der Waals surface area contributed by atoms with Crippen LogP contribution in [0, 0.1) is 11.6 Å². The Kier molecular flexibility index (Phi) is 6.04. The lowest BCUT2D eigenvalue weighted by molar-refractivity contribution is -0.137. The van der Waals surface area contributed by atoms with Crippen molar-refractivity contribution < 1.29 is 36.3 Å². The third-order valence-electron chi connectivity index (χ3n) is 3.36. The number of hydrogen-bond acceptors (Lipinski definition) is 3. The van der Waals surface area contributed by atoms with Crippen LogP contribution in [0.3, 0.4) is 0 Å². The predicted octanol–water partition coefficient (Wildman–Crippen LogP) is 4.82. The van der Waals surface area contributed by atoms with Crippen LogP contribution >= 0.6 is 11.6 Å². The van der Waals surface area contributed by atoms with Crippen molar-refractivity contribution >= 4 is 29.2 Å². The number of rotatable bonds is 4. The normalized spacial score (nSPS) is 12.4. The van der Waals surface area contributed by atoms with Gasteiger partial charge in [-0.3, -0.25) is 4.79 Å². The van der Waals surface area contributed by atoms with Gasteiger partial charge in [-0.2, -0.15) is 13.2 Å². The fourth-order valence-electron chi connectivity index (χ4n) is 1.96. The first kappa shape index (κ1) is 20.6. The van der Waals surface area contributed by atoms with Gasteiger partial charge in [-0.15, -0.1) is 0 Å². The fourth-order valence-corrected chi connectivity index (χ4v) is 2.13. The molecule has 0 aliphatic carbocycles. The molecule has 0 aliphatic heterocycles. The van der Waals surface area contributed by atoms with Gasteiger partial charge in [-0.25, -0.2) is 13.6 Å². The number of carbonyl (C=O) groups excluding carboxylic acids is 2. The number of benzene rings is 2. The van der Waals surface area contributed by atoms with Gasteiger partial charge >= 0.3 is 12.1 Å². The van der Waals surface area contributed by atoms with Crippen molar-refractivity contribution in [2.45, 2.75) is 19.2 Å². The molecular weight excluding hydrogens is 397 g/mol. The Bertz CT molecular complexity index is 885. The maximum absolute atomic E-state index is 13.5. The van der Waals surface area contributed by atoms with Gasteiger partial charge in [-0.05, 0) is 37.3 Å². The minimum absolute atomic E-state index is 0.167. The number of hydrogen-bond donors (Lipinski definition) is 1. The third-order valence-corrected chi connectivity index (χ3v) is 3.69. The summed E-state index contributed by atoms with van der Waals surface area (Å²) >= 11 is 5.76. The molecule has 0 radical (unpaired) electrons. The first-order valence-corrected chi connectivity index (χ1v) is 7.70. The maximum Gasteiger partial charge on any atom is 0.416 e. The summed E-state index contributed by atoms with van der Waals surface area (Å²) in [5, 5.41) is 1.93. The molecule has 0 saturated carbocycles. The molecule has 27 heavy (non-hydrogen) atoms. The first-order chi connectivity index (χ1) is 12.5. The molecule has 2 rings (SSSR count). The van der Waals surface area contributed by atoms with Crippen LogP contribution in [0.25, 0.3) is 0 Å². The molecule has 0 unspecified atom stereocenters. The molecule has 0 heterocycles. The van der Waals surface area contributed by atoms with Gasteiger partial charge < -0.3 is 10.1 Å². The van der Waals surface area contributed by atoms with Gasteiger partial charge in [0.1, 0.15) is 11.6 Å². The molecule has 0 bridgehead atoms. The fraction of sp³-hybridized carbons (Fsp3) is 0.176. The Morgan fingerprint density at radius 2 is 1.78 bits per heavy atom. The molecule has 0 aliphatic rings. The standard InChI is InChI=1S/C17H11ClF5NO3/c1-8(27-16(26)11-4-3-10(19)7-13(11)20)15(25)24-14-6-9(17(21,22)23)2-5-12(14)18/h2-8H,1H3,(H,24,25)/t8-/m1/s1. The molecule has 2 aromatic carbocycles. The highest BCUT2D eigenvalue weighted by Gasteiger charge is 2.31. The van der Waals surface area contributed by atoms with Crippen molar-refractivity contribution in [1.82, 2.24) is 0 Å². The molecule has 10 heteroatoms. The zero-order chi connectivity index (χ0) is 20.4. The van der Waals surface area contributed by atoms with E-state index in [-0.39, 0.29) is 10.7 Å². The van der Waals surface area contributed by atoms with Crippen LogP contribution in [-0.4, -0.2) is 18.0 Å². The number of amides is 1. The average molecular weight is 408 g/mol. The second kappa shape index (κ2) is 7.91. The molecule has 0 fully saturated rings. The molecular formula is C17H11ClF5NO3. The lowest BCUT2D eigenvalue weighted by atomic mass is 10.2. The van der Waals surface area contributed by atoms with E-state index in [0.29, 0.717) is 12.1 Å². The number of esters is 1. The van der Waals surface area contributed by atoms with Gasteiger partial charge in [0.05, 0.1) is 21.8 Å². The highest BCUT2D eigenvalue weighted by atomic mass is 35.5. The van der Waals surface area contributed by atoms with E-state index in [2.05, 4.69) is 5.32 Å². The minimum Gasteiger partial charge on any atom is -0.449 e. The van der Waals surface area contributed by atoms with E-state index in [0.717, 1.165) is 31.2 Å². The van der Waals surface area contributed by atoms with Crippen molar-refractivity contribution in [3.63, 3.8) is 0 Å². The first-order valence-electron chi connectivity index (χ1n) is 7.32. The average Bonchev–Trinajstić information content (AvgIpc) is 2.55. The molecule has 2 aromatic rings. The summed E-state index contributed by atoms with van der Waals surface area (Å²) in [4.78, 5) is 23.9. The van der Waals surface area contributed by atoms with Crippen LogP contribution in [0.5, 0.6) is 0 Å². The Balaban J connectivity index is 2.11. The Labute approximate surface area is 154 Å². The summed E-state index contributed by atoms with van der Waals surface area (Å²) in [7, 11) is 0. The van der Waals surface area contributed by atoms with Crippen LogP contribution in [0.4, 0.5) is 27.6 Å². The third kappa shape index (κ3) is 5.16. The lowest BCUT2D eigenvalue weighted by Gasteiger charge is -2.15. The summed E-state index contributed by atoms with van der Waals surface area (Å²) in [5.41, 5.74) is -1.99. The van der Waals surface area contributed by atoms with E-state index >= 15 is 0 Å². The zero-order valence-corrected chi connectivity index (χ0v) is 14.3. The van der Waals surface area contributed by atoms with Crippen molar-refractivity contribution in [3.8, 4) is 0 Å². The second-order valence-corrected chi connectivity index (χ2v) is 5.76. The van der Waals surface area contributed by atoms with Gasteiger partial charge in [0, 0.05) is 6.07 Å². The number of halogens is 6. The van der Waals surface area contributed by atoms with E-state index in [1.807, 2.05) is 0 Å². The van der Waals surface area contributed by atoms with Gasteiger partial charge in [0.15, 0.2) is 6.10 Å². The van der Waals surface area contributed by atoms with Crippen LogP contribution in [0.2, 0.25) is 5.02 Å². The highest BCUT2D eigenvalue weighted by Crippen LogP contribution is 2.33. The molecule has 0 saturated heterocycles. The van der Waals surface area contributed by atoms with Crippen molar-refractivity contribution in [3.05, 3.63) is 64.2 Å². The van der Waals surface area contributed by atoms with Gasteiger partial charge in [0.2, 0.25) is 0 Å². The second-order valence-electron chi connectivity index (χ2n) is 5.35. The number of alkyl halides is 3. The number of nitrogens with one attached hydrogen (secondary N) is 1. The Morgan fingerprint density at radius 1 is 1.11 bits per heavy atom. The molecule has 144 valence electrons. The van der Waals surface area contributed by atoms with E-state index in [9.17, 15) is 31.5 Å². The molecule has 0 spiro atoms.